The Morgan fingerprint density at radius 3 is 2.11 bits per heavy atom. The molecule has 2 heterocycles. The van der Waals surface area contributed by atoms with E-state index in [1.54, 1.807) is 11.3 Å². The molecular weight excluding hydrogens is 643 g/mol. The molecule has 0 saturated heterocycles. The Hall–Kier alpha value is -3.37. The number of carbonyl (C=O) groups is 1. The summed E-state index contributed by atoms with van der Waals surface area (Å²) < 4.78 is 0. The van der Waals surface area contributed by atoms with Gasteiger partial charge in [0.05, 0.1) is 5.76 Å². The third-order valence-electron chi connectivity index (χ3n) is 5.44. The molecule has 5 rings (SSSR count). The monoisotopic (exact) mass is 669 g/mol. The minimum Gasteiger partial charge on any atom is -0.512 e. The molecule has 0 spiro atoms. The van der Waals surface area contributed by atoms with Crippen LogP contribution in [0.1, 0.15) is 19.4 Å². The van der Waals surface area contributed by atoms with Gasteiger partial charge in [0, 0.05) is 36.4 Å². The number of hydrogen-bond acceptors (Lipinski definition) is 4. The second kappa shape index (κ2) is 12.5. The van der Waals surface area contributed by atoms with E-state index in [9.17, 15) is 4.79 Å². The van der Waals surface area contributed by atoms with E-state index in [1.165, 1.54) is 52.4 Å². The molecule has 0 saturated carbocycles. The summed E-state index contributed by atoms with van der Waals surface area (Å²) in [5, 5.41) is 9.59. The molecule has 0 unspecified atom stereocenters. The van der Waals surface area contributed by atoms with Crippen LogP contribution in [0.3, 0.4) is 0 Å². The van der Waals surface area contributed by atoms with Crippen LogP contribution in [0, 0.1) is 13.0 Å². The molecule has 36 heavy (non-hydrogen) atoms. The Morgan fingerprint density at radius 1 is 0.889 bits per heavy atom. The van der Waals surface area contributed by atoms with Gasteiger partial charge in [0.2, 0.25) is 0 Å². The van der Waals surface area contributed by atoms with Crippen LogP contribution < -0.4 is 0 Å². The number of carbonyl (C=O) groups excluding carboxylic acids is 1. The minimum absolute atomic E-state index is 0. The fourth-order valence-electron chi connectivity index (χ4n) is 3.83. The van der Waals surface area contributed by atoms with Crippen LogP contribution in [-0.4, -0.2) is 15.9 Å². The summed E-state index contributed by atoms with van der Waals surface area (Å²) in [5.41, 5.74) is 6.93. The second-order valence-electron chi connectivity index (χ2n) is 8.22. The average Bonchev–Trinajstić information content (AvgIpc) is 3.20. The predicted octanol–water partition coefficient (Wildman–Crippen LogP) is 8.44. The fourth-order valence-corrected chi connectivity index (χ4v) is 5.02. The fraction of sp³-hybridized carbons (Fsp3) is 0.0968. The third kappa shape index (κ3) is 6.64. The number of fused-ring (bicyclic) bond motifs is 1. The molecule has 0 amide bonds. The van der Waals surface area contributed by atoms with Gasteiger partial charge in [0.25, 0.3) is 0 Å². The van der Waals surface area contributed by atoms with Gasteiger partial charge in [0.15, 0.2) is 5.78 Å². The summed E-state index contributed by atoms with van der Waals surface area (Å²) in [6.07, 6.45) is 1.17. The van der Waals surface area contributed by atoms with Crippen LogP contribution >= 0.6 is 11.3 Å². The number of thiophene rings is 1. The van der Waals surface area contributed by atoms with Gasteiger partial charge in [-0.25, -0.2) is 0 Å². The number of nitrogens with zero attached hydrogens (tertiary/aromatic N) is 1. The van der Waals surface area contributed by atoms with E-state index in [-0.39, 0.29) is 31.6 Å². The standard InChI is InChI=1S/C26H18NS.C5H8O2.Ir/c1-18-23-15-16-24(27-26(23)28-25(18)20-11-6-3-7-12-20)22-14-8-13-21(17-22)19-9-4-2-5-10-19;1-4(6)3-5(2)7;/h2-13,15-17H,1H3;3,6H,1-2H3;/q-1;;/b;4-3-;. The normalized spacial score (nSPS) is 10.8. The molecule has 5 aromatic rings. The summed E-state index contributed by atoms with van der Waals surface area (Å²) >= 11 is 1.76. The van der Waals surface area contributed by atoms with E-state index in [2.05, 4.69) is 91.9 Å². The van der Waals surface area contributed by atoms with Crippen LogP contribution in [0.25, 0.3) is 43.0 Å². The Kier molecular flexibility index (Phi) is 9.49. The van der Waals surface area contributed by atoms with Gasteiger partial charge in [-0.15, -0.1) is 46.7 Å². The molecule has 1 radical (unpaired) electrons. The SMILES string of the molecule is CC(=O)/C=C(/C)O.Cc1c(-c2ccccc2)sc2nc(-c3[c-]ccc(-c4ccccc4)c3)ccc12.[Ir]. The molecule has 1 N–H and O–H groups in total. The maximum atomic E-state index is 10.0. The third-order valence-corrected chi connectivity index (χ3v) is 6.69. The summed E-state index contributed by atoms with van der Waals surface area (Å²) in [6, 6.07) is 34.9. The van der Waals surface area contributed by atoms with Gasteiger partial charge >= 0.3 is 0 Å². The molecule has 5 heteroatoms. The molecular formula is C31H26IrNO2S-. The molecule has 0 atom stereocenters. The van der Waals surface area contributed by atoms with E-state index in [0.29, 0.717) is 0 Å². The van der Waals surface area contributed by atoms with Crippen molar-refractivity contribution in [2.75, 3.05) is 0 Å². The Bertz CT molecular complexity index is 1490. The first kappa shape index (κ1) is 27.2. The first-order chi connectivity index (χ1) is 16.9. The van der Waals surface area contributed by atoms with Gasteiger partial charge in [-0.2, -0.15) is 0 Å². The van der Waals surface area contributed by atoms with Crippen molar-refractivity contribution in [3.63, 3.8) is 0 Å². The van der Waals surface area contributed by atoms with Gasteiger partial charge in [-0.05, 0) is 43.2 Å². The van der Waals surface area contributed by atoms with E-state index in [0.717, 1.165) is 16.1 Å². The number of aliphatic hydroxyl groups excluding tert-OH is 1. The zero-order chi connectivity index (χ0) is 24.8. The van der Waals surface area contributed by atoms with E-state index >= 15 is 0 Å². The number of benzene rings is 3. The molecule has 183 valence electrons. The van der Waals surface area contributed by atoms with E-state index in [1.807, 2.05) is 12.1 Å². The van der Waals surface area contributed by atoms with Crippen molar-refractivity contribution in [3.8, 4) is 32.8 Å². The quantitative estimate of drug-likeness (QED) is 0.119. The largest absolute Gasteiger partial charge is 0.512 e. The van der Waals surface area contributed by atoms with Gasteiger partial charge in [-0.3, -0.25) is 9.78 Å². The molecule has 0 aliphatic rings. The van der Waals surface area contributed by atoms with Crippen LogP contribution in [0.4, 0.5) is 0 Å². The number of hydrogen-bond donors (Lipinski definition) is 1. The van der Waals surface area contributed by atoms with Crippen molar-refractivity contribution in [1.82, 2.24) is 4.98 Å². The van der Waals surface area contributed by atoms with Crippen molar-refractivity contribution in [2.24, 2.45) is 0 Å². The smallest absolute Gasteiger partial charge is 0.155 e. The zero-order valence-corrected chi connectivity index (χ0v) is 23.5. The minimum atomic E-state index is -0.125. The van der Waals surface area contributed by atoms with Crippen LogP contribution in [-0.2, 0) is 24.9 Å². The number of aliphatic hydroxyl groups is 1. The van der Waals surface area contributed by atoms with Crippen molar-refractivity contribution in [3.05, 3.63) is 114 Å². The summed E-state index contributed by atoms with van der Waals surface area (Å²) in [7, 11) is 0. The second-order valence-corrected chi connectivity index (χ2v) is 9.22. The Morgan fingerprint density at radius 2 is 1.53 bits per heavy atom. The van der Waals surface area contributed by atoms with Crippen molar-refractivity contribution in [1.29, 1.82) is 0 Å². The van der Waals surface area contributed by atoms with E-state index < -0.39 is 0 Å². The van der Waals surface area contributed by atoms with Crippen molar-refractivity contribution in [2.45, 2.75) is 20.8 Å². The molecule has 0 aliphatic heterocycles. The van der Waals surface area contributed by atoms with Gasteiger partial charge in [0.1, 0.15) is 4.83 Å². The topological polar surface area (TPSA) is 50.2 Å². The van der Waals surface area contributed by atoms with Crippen LogP contribution in [0.15, 0.2) is 103 Å². The number of ketones is 1. The first-order valence-electron chi connectivity index (χ1n) is 11.3. The summed E-state index contributed by atoms with van der Waals surface area (Å²) in [4.78, 5) is 17.4. The first-order valence-corrected chi connectivity index (χ1v) is 12.1. The maximum Gasteiger partial charge on any atom is 0.155 e. The van der Waals surface area contributed by atoms with Crippen LogP contribution in [0.2, 0.25) is 0 Å². The molecule has 3 aromatic carbocycles. The average molecular weight is 669 g/mol. The summed E-state index contributed by atoms with van der Waals surface area (Å²) in [6.45, 7) is 5.03. The van der Waals surface area contributed by atoms with Crippen LogP contribution in [0.5, 0.6) is 0 Å². The Labute approximate surface area is 229 Å². The number of aromatic nitrogens is 1. The number of pyridine rings is 1. The molecule has 0 bridgehead atoms. The maximum absolute atomic E-state index is 10.0. The molecule has 2 aromatic heterocycles. The molecule has 0 fully saturated rings. The van der Waals surface area contributed by atoms with E-state index in [4.69, 9.17) is 10.1 Å². The van der Waals surface area contributed by atoms with Crippen molar-refractivity contribution >= 4 is 27.3 Å². The predicted molar refractivity (Wildman–Crippen MR) is 147 cm³/mol. The molecule has 3 nitrogen and oxygen atoms in total. The zero-order valence-electron chi connectivity index (χ0n) is 20.3. The number of allylic oxidation sites excluding steroid dienone is 2. The number of rotatable bonds is 4. The Balaban J connectivity index is 0.000000400. The van der Waals surface area contributed by atoms with Crippen molar-refractivity contribution < 1.29 is 30.0 Å². The number of aryl methyl sites for hydroxylation is 1. The van der Waals surface area contributed by atoms with Gasteiger partial charge in [-0.1, -0.05) is 72.8 Å². The van der Waals surface area contributed by atoms with Gasteiger partial charge < -0.3 is 5.11 Å². The summed E-state index contributed by atoms with van der Waals surface area (Å²) in [5.74, 6) is -0.0625. The molecule has 0 aliphatic carbocycles.